The van der Waals surface area contributed by atoms with Crippen LogP contribution in [0.25, 0.3) is 0 Å². The molecule has 0 bridgehead atoms. The van der Waals surface area contributed by atoms with E-state index in [0.29, 0.717) is 17.5 Å². The van der Waals surface area contributed by atoms with E-state index in [9.17, 15) is 21.6 Å². The number of sulfonamides is 1. The summed E-state index contributed by atoms with van der Waals surface area (Å²) in [7, 11) is -4.02. The summed E-state index contributed by atoms with van der Waals surface area (Å²) in [6.07, 6.45) is -5.22. The van der Waals surface area contributed by atoms with E-state index in [1.807, 2.05) is 4.72 Å². The van der Waals surface area contributed by atoms with Crippen molar-refractivity contribution < 1.29 is 26.7 Å². The summed E-state index contributed by atoms with van der Waals surface area (Å²) in [4.78, 5) is -0.0891. The van der Waals surface area contributed by atoms with Crippen molar-refractivity contribution in [3.63, 3.8) is 0 Å². The Hall–Kier alpha value is -1.12. The maximum atomic E-state index is 12.0. The number of halogens is 3. The van der Waals surface area contributed by atoms with Gasteiger partial charge in [0.05, 0.1) is 17.9 Å². The smallest absolute Gasteiger partial charge is 0.390 e. The number of rotatable bonds is 6. The van der Waals surface area contributed by atoms with Gasteiger partial charge < -0.3 is 5.11 Å². The summed E-state index contributed by atoms with van der Waals surface area (Å²) < 4.78 is 62.0. The zero-order valence-electron chi connectivity index (χ0n) is 10.9. The number of nitrogens with one attached hydrogen (secondary N) is 1. The summed E-state index contributed by atoms with van der Waals surface area (Å²) >= 11 is 0. The lowest BCUT2D eigenvalue weighted by molar-refractivity contribution is -0.132. The van der Waals surface area contributed by atoms with E-state index in [0.717, 1.165) is 0 Å². The fourth-order valence-corrected chi connectivity index (χ4v) is 3.03. The van der Waals surface area contributed by atoms with Crippen LogP contribution in [-0.4, -0.2) is 26.2 Å². The molecule has 1 aromatic carbocycles. The second-order valence-corrected chi connectivity index (χ2v) is 5.95. The zero-order valence-corrected chi connectivity index (χ0v) is 11.7. The van der Waals surface area contributed by atoms with Gasteiger partial charge in [0.1, 0.15) is 0 Å². The molecule has 0 aliphatic rings. The SMILES string of the molecule is CCc1ccc(CO)cc1S(=O)(=O)NCCC(F)(F)F. The number of alkyl halides is 3. The second kappa shape index (κ2) is 6.55. The molecule has 0 atom stereocenters. The van der Waals surface area contributed by atoms with Gasteiger partial charge in [-0.05, 0) is 23.6 Å². The van der Waals surface area contributed by atoms with Crippen molar-refractivity contribution in [1.29, 1.82) is 0 Å². The third kappa shape index (κ3) is 4.77. The molecule has 0 aromatic heterocycles. The molecule has 0 aliphatic carbocycles. The van der Waals surface area contributed by atoms with Gasteiger partial charge in [-0.25, -0.2) is 13.1 Å². The first-order valence-electron chi connectivity index (χ1n) is 5.98. The summed E-state index contributed by atoms with van der Waals surface area (Å²) in [6, 6.07) is 4.40. The van der Waals surface area contributed by atoms with Crippen LogP contribution in [0.15, 0.2) is 23.1 Å². The molecule has 0 spiro atoms. The maximum absolute atomic E-state index is 12.0. The van der Waals surface area contributed by atoms with Crippen molar-refractivity contribution in [2.24, 2.45) is 0 Å². The van der Waals surface area contributed by atoms with Crippen LogP contribution in [0.5, 0.6) is 0 Å². The Morgan fingerprint density at radius 2 is 1.95 bits per heavy atom. The van der Waals surface area contributed by atoms with Gasteiger partial charge in [0.2, 0.25) is 10.0 Å². The summed E-state index contributed by atoms with van der Waals surface area (Å²) in [6.45, 7) is 0.691. The molecule has 0 fully saturated rings. The second-order valence-electron chi connectivity index (χ2n) is 4.22. The van der Waals surface area contributed by atoms with E-state index in [4.69, 9.17) is 5.11 Å². The molecule has 8 heteroatoms. The van der Waals surface area contributed by atoms with Gasteiger partial charge in [0, 0.05) is 6.54 Å². The van der Waals surface area contributed by atoms with E-state index in [2.05, 4.69) is 0 Å². The number of benzene rings is 1. The minimum Gasteiger partial charge on any atom is -0.392 e. The van der Waals surface area contributed by atoms with Crippen molar-refractivity contribution in [2.75, 3.05) is 6.54 Å². The van der Waals surface area contributed by atoms with E-state index < -0.39 is 29.2 Å². The first-order valence-corrected chi connectivity index (χ1v) is 7.47. The van der Waals surface area contributed by atoms with Crippen molar-refractivity contribution >= 4 is 10.0 Å². The van der Waals surface area contributed by atoms with Crippen LogP contribution in [0.4, 0.5) is 13.2 Å². The average molecular weight is 311 g/mol. The van der Waals surface area contributed by atoms with Crippen LogP contribution < -0.4 is 4.72 Å². The molecule has 1 aromatic rings. The summed E-state index contributed by atoms with van der Waals surface area (Å²) in [5.41, 5.74) is 0.875. The normalized spacial score (nSPS) is 12.7. The molecular formula is C12H16F3NO3S. The molecule has 20 heavy (non-hydrogen) atoms. The van der Waals surface area contributed by atoms with Gasteiger partial charge in [0.15, 0.2) is 0 Å². The van der Waals surface area contributed by atoms with Crippen LogP contribution in [0.1, 0.15) is 24.5 Å². The Morgan fingerprint density at radius 1 is 1.30 bits per heavy atom. The van der Waals surface area contributed by atoms with Crippen molar-refractivity contribution in [2.45, 2.75) is 37.4 Å². The Morgan fingerprint density at radius 3 is 2.45 bits per heavy atom. The largest absolute Gasteiger partial charge is 0.392 e. The lowest BCUT2D eigenvalue weighted by Crippen LogP contribution is -2.28. The first-order chi connectivity index (χ1) is 9.19. The molecule has 4 nitrogen and oxygen atoms in total. The van der Waals surface area contributed by atoms with E-state index >= 15 is 0 Å². The molecule has 1 rings (SSSR count). The highest BCUT2D eigenvalue weighted by Crippen LogP contribution is 2.21. The molecular weight excluding hydrogens is 295 g/mol. The highest BCUT2D eigenvalue weighted by atomic mass is 32.2. The quantitative estimate of drug-likeness (QED) is 0.844. The van der Waals surface area contributed by atoms with Gasteiger partial charge in [0.25, 0.3) is 0 Å². The Labute approximate surface area is 115 Å². The van der Waals surface area contributed by atoms with Gasteiger partial charge in [-0.3, -0.25) is 0 Å². The average Bonchev–Trinajstić information content (AvgIpc) is 2.36. The Bertz CT molecular complexity index is 556. The van der Waals surface area contributed by atoms with Gasteiger partial charge in [-0.15, -0.1) is 0 Å². The van der Waals surface area contributed by atoms with Crippen LogP contribution >= 0.6 is 0 Å². The van der Waals surface area contributed by atoms with Crippen LogP contribution in [-0.2, 0) is 23.1 Å². The topological polar surface area (TPSA) is 66.4 Å². The monoisotopic (exact) mass is 311 g/mol. The molecule has 0 saturated carbocycles. The molecule has 0 aliphatic heterocycles. The fourth-order valence-electron chi connectivity index (χ4n) is 1.64. The summed E-state index contributed by atoms with van der Waals surface area (Å²) in [5, 5.41) is 9.01. The maximum Gasteiger partial charge on any atom is 0.390 e. The molecule has 0 heterocycles. The predicted octanol–water partition coefficient (Wildman–Crippen LogP) is 1.97. The number of aliphatic hydroxyl groups is 1. The third-order valence-corrected chi connectivity index (χ3v) is 4.23. The van der Waals surface area contributed by atoms with Gasteiger partial charge in [-0.1, -0.05) is 19.1 Å². The Balaban J connectivity index is 2.96. The van der Waals surface area contributed by atoms with E-state index in [-0.39, 0.29) is 11.5 Å². The van der Waals surface area contributed by atoms with E-state index in [1.165, 1.54) is 6.07 Å². The summed E-state index contributed by atoms with van der Waals surface area (Å²) in [5.74, 6) is 0. The lowest BCUT2D eigenvalue weighted by Gasteiger charge is -2.12. The van der Waals surface area contributed by atoms with Gasteiger partial charge >= 0.3 is 6.18 Å². The standard InChI is InChI=1S/C12H16F3NO3S/c1-2-10-4-3-9(8-17)7-11(10)20(18,19)16-6-5-12(13,14)15/h3-4,7,16-17H,2,5-6,8H2,1H3. The zero-order chi connectivity index (χ0) is 15.4. The highest BCUT2D eigenvalue weighted by Gasteiger charge is 2.28. The van der Waals surface area contributed by atoms with Crippen LogP contribution in [0, 0.1) is 0 Å². The molecule has 0 saturated heterocycles. The minimum atomic E-state index is -4.41. The number of hydrogen-bond acceptors (Lipinski definition) is 3. The molecule has 114 valence electrons. The molecule has 0 unspecified atom stereocenters. The van der Waals surface area contributed by atoms with Crippen molar-refractivity contribution in [3.8, 4) is 0 Å². The van der Waals surface area contributed by atoms with Crippen LogP contribution in [0.2, 0.25) is 0 Å². The van der Waals surface area contributed by atoms with Crippen LogP contribution in [0.3, 0.4) is 0 Å². The number of aryl methyl sites for hydroxylation is 1. The highest BCUT2D eigenvalue weighted by molar-refractivity contribution is 7.89. The van der Waals surface area contributed by atoms with E-state index in [1.54, 1.807) is 19.1 Å². The molecule has 0 radical (unpaired) electrons. The third-order valence-electron chi connectivity index (χ3n) is 2.69. The predicted molar refractivity (Wildman–Crippen MR) is 67.6 cm³/mol. The lowest BCUT2D eigenvalue weighted by atomic mass is 10.1. The number of hydrogen-bond donors (Lipinski definition) is 2. The first kappa shape index (κ1) is 16.9. The van der Waals surface area contributed by atoms with Crippen molar-refractivity contribution in [3.05, 3.63) is 29.3 Å². The fraction of sp³-hybridized carbons (Fsp3) is 0.500. The molecule has 2 N–H and O–H groups in total. The molecule has 0 amide bonds. The number of aliphatic hydroxyl groups excluding tert-OH is 1. The van der Waals surface area contributed by atoms with Gasteiger partial charge in [-0.2, -0.15) is 13.2 Å². The minimum absolute atomic E-state index is 0.0891. The Kier molecular flexibility index (Phi) is 5.55. The van der Waals surface area contributed by atoms with Crippen molar-refractivity contribution in [1.82, 2.24) is 4.72 Å².